The minimum Gasteiger partial charge on any atom is -0.380 e. The maximum atomic E-state index is 12.4. The fraction of sp³-hybridized carbons (Fsp3) is 0.810. The van der Waals surface area contributed by atoms with Gasteiger partial charge in [-0.05, 0) is 68.6 Å². The molecule has 0 bridgehead atoms. The number of nitrogens with one attached hydrogen (secondary N) is 1. The van der Waals surface area contributed by atoms with Gasteiger partial charge in [-0.2, -0.15) is 0 Å². The molecule has 5 heteroatoms. The van der Waals surface area contributed by atoms with E-state index in [4.69, 9.17) is 0 Å². The molecule has 0 aromatic carbocycles. The number of carbonyl (C=O) groups excluding carboxylic acids is 2. The van der Waals surface area contributed by atoms with Gasteiger partial charge in [0, 0.05) is 18.0 Å². The third kappa shape index (κ3) is 2.22. The van der Waals surface area contributed by atoms with E-state index < -0.39 is 5.60 Å². The van der Waals surface area contributed by atoms with E-state index in [0.29, 0.717) is 17.8 Å². The van der Waals surface area contributed by atoms with Crippen molar-refractivity contribution in [2.24, 2.45) is 28.6 Å². The van der Waals surface area contributed by atoms with Gasteiger partial charge in [0.1, 0.15) is 5.60 Å². The van der Waals surface area contributed by atoms with Gasteiger partial charge in [-0.15, -0.1) is 0 Å². The van der Waals surface area contributed by atoms with Gasteiger partial charge < -0.3 is 10.4 Å². The summed E-state index contributed by atoms with van der Waals surface area (Å²) >= 11 is 3.67. The first-order valence-electron chi connectivity index (χ1n) is 10.0. The number of Topliss-reactive ketones (excluding diaryl/α,β-unsaturated/α-hetero) is 1. The standard InChI is InChI=1S/C21H30BrNO3/c1-12(24)21(26)17(22)11-16-14-5-4-13-10-18(25)23-9-8-19(13,2)15(14)6-7-20(16,21)3/h10,14-17,26H,4-9,11H2,1-3H3,(H,23,25). The lowest BCUT2D eigenvalue weighted by Gasteiger charge is -2.58. The van der Waals surface area contributed by atoms with Crippen molar-refractivity contribution in [1.82, 2.24) is 5.32 Å². The molecule has 1 aliphatic heterocycles. The van der Waals surface area contributed by atoms with Gasteiger partial charge in [-0.25, -0.2) is 0 Å². The van der Waals surface area contributed by atoms with Crippen LogP contribution in [0.1, 0.15) is 59.3 Å². The second-order valence-corrected chi connectivity index (χ2v) is 10.6. The van der Waals surface area contributed by atoms with Crippen molar-refractivity contribution < 1.29 is 14.7 Å². The molecule has 0 aromatic heterocycles. The predicted molar refractivity (Wildman–Crippen MR) is 104 cm³/mol. The van der Waals surface area contributed by atoms with Crippen LogP contribution in [0.25, 0.3) is 0 Å². The summed E-state index contributed by atoms with van der Waals surface area (Å²) in [5.74, 6) is 1.34. The maximum absolute atomic E-state index is 12.4. The highest BCUT2D eigenvalue weighted by molar-refractivity contribution is 9.09. The second kappa shape index (κ2) is 5.91. The summed E-state index contributed by atoms with van der Waals surface area (Å²) in [7, 11) is 0. The average molecular weight is 424 g/mol. The molecule has 1 heterocycles. The summed E-state index contributed by atoms with van der Waals surface area (Å²) in [6, 6.07) is 0. The summed E-state index contributed by atoms with van der Waals surface area (Å²) in [5.41, 5.74) is -0.250. The molecule has 4 aliphatic rings. The molecule has 4 nitrogen and oxygen atoms in total. The molecule has 3 fully saturated rings. The van der Waals surface area contributed by atoms with Crippen LogP contribution in [0.3, 0.4) is 0 Å². The molecular weight excluding hydrogens is 394 g/mol. The number of alkyl halides is 1. The molecule has 7 atom stereocenters. The fourth-order valence-electron chi connectivity index (χ4n) is 7.17. The summed E-state index contributed by atoms with van der Waals surface area (Å²) in [4.78, 5) is 24.3. The number of fused-ring (bicyclic) bond motifs is 5. The number of ketones is 1. The third-order valence-electron chi connectivity index (χ3n) is 8.70. The molecule has 0 aromatic rings. The van der Waals surface area contributed by atoms with E-state index in [1.807, 2.05) is 6.08 Å². The van der Waals surface area contributed by atoms with Crippen molar-refractivity contribution in [3.63, 3.8) is 0 Å². The van der Waals surface area contributed by atoms with E-state index in [2.05, 4.69) is 35.1 Å². The lowest BCUT2D eigenvalue weighted by molar-refractivity contribution is -0.158. The summed E-state index contributed by atoms with van der Waals surface area (Å²) < 4.78 is 0. The molecule has 1 amide bonds. The van der Waals surface area contributed by atoms with E-state index in [9.17, 15) is 14.7 Å². The van der Waals surface area contributed by atoms with Crippen LogP contribution in [0.4, 0.5) is 0 Å². The number of halogens is 1. The molecule has 4 rings (SSSR count). The SMILES string of the molecule is CC(=O)C1(O)C(Br)CC2C3CCC4=CC(=O)NCCC4(C)C3CCC21C. The number of hydrogen-bond donors (Lipinski definition) is 2. The number of carbonyl (C=O) groups is 2. The Bertz CT molecular complexity index is 691. The van der Waals surface area contributed by atoms with Crippen molar-refractivity contribution in [3.8, 4) is 0 Å². The van der Waals surface area contributed by atoms with Crippen LogP contribution < -0.4 is 5.32 Å². The zero-order valence-electron chi connectivity index (χ0n) is 16.0. The highest BCUT2D eigenvalue weighted by Gasteiger charge is 2.68. The monoisotopic (exact) mass is 423 g/mol. The summed E-state index contributed by atoms with van der Waals surface area (Å²) in [6.07, 6.45) is 7.63. The van der Waals surface area contributed by atoms with E-state index in [-0.39, 0.29) is 27.3 Å². The van der Waals surface area contributed by atoms with Crippen molar-refractivity contribution in [2.75, 3.05) is 6.54 Å². The van der Waals surface area contributed by atoms with Crippen LogP contribution >= 0.6 is 15.9 Å². The van der Waals surface area contributed by atoms with Gasteiger partial charge >= 0.3 is 0 Å². The van der Waals surface area contributed by atoms with Crippen molar-refractivity contribution in [3.05, 3.63) is 11.6 Å². The topological polar surface area (TPSA) is 66.4 Å². The quantitative estimate of drug-likeness (QED) is 0.635. The molecule has 26 heavy (non-hydrogen) atoms. The Kier molecular flexibility index (Phi) is 4.24. The van der Waals surface area contributed by atoms with Gasteiger partial charge in [0.2, 0.25) is 5.91 Å². The Morgan fingerprint density at radius 2 is 2.00 bits per heavy atom. The molecule has 0 radical (unpaired) electrons. The van der Waals surface area contributed by atoms with Gasteiger partial charge in [-0.1, -0.05) is 35.4 Å². The van der Waals surface area contributed by atoms with Crippen molar-refractivity contribution >= 4 is 27.6 Å². The lowest BCUT2D eigenvalue weighted by atomic mass is 9.47. The first-order valence-corrected chi connectivity index (χ1v) is 10.9. The molecule has 0 saturated heterocycles. The highest BCUT2D eigenvalue weighted by atomic mass is 79.9. The van der Waals surface area contributed by atoms with E-state index in [1.165, 1.54) is 5.57 Å². The van der Waals surface area contributed by atoms with Crippen molar-refractivity contribution in [2.45, 2.75) is 69.7 Å². The molecule has 144 valence electrons. The fourth-order valence-corrected chi connectivity index (χ4v) is 8.41. The predicted octanol–water partition coefficient (Wildman–Crippen LogP) is 3.37. The van der Waals surface area contributed by atoms with Crippen LogP contribution in [0, 0.1) is 28.6 Å². The zero-order chi connectivity index (χ0) is 18.9. The van der Waals surface area contributed by atoms with Crippen LogP contribution in [0.2, 0.25) is 0 Å². The minimum atomic E-state index is -1.26. The molecular formula is C21H30BrNO3. The Morgan fingerprint density at radius 3 is 2.69 bits per heavy atom. The lowest BCUT2D eigenvalue weighted by Crippen LogP contribution is -2.58. The Balaban J connectivity index is 1.72. The Labute approximate surface area is 164 Å². The maximum Gasteiger partial charge on any atom is 0.243 e. The average Bonchev–Trinajstić information content (AvgIpc) is 2.69. The normalized spacial score (nSPS) is 50.7. The van der Waals surface area contributed by atoms with Crippen LogP contribution in [0.5, 0.6) is 0 Å². The van der Waals surface area contributed by atoms with Gasteiger partial charge in [0.05, 0.1) is 4.83 Å². The van der Waals surface area contributed by atoms with Gasteiger partial charge in [0.15, 0.2) is 5.78 Å². The zero-order valence-corrected chi connectivity index (χ0v) is 17.6. The molecule has 3 aliphatic carbocycles. The number of allylic oxidation sites excluding steroid dienone is 1. The molecule has 3 saturated carbocycles. The van der Waals surface area contributed by atoms with Crippen LogP contribution in [0.15, 0.2) is 11.6 Å². The van der Waals surface area contributed by atoms with Gasteiger partial charge in [-0.3, -0.25) is 9.59 Å². The molecule has 2 N–H and O–H groups in total. The van der Waals surface area contributed by atoms with E-state index in [0.717, 1.165) is 45.1 Å². The van der Waals surface area contributed by atoms with E-state index >= 15 is 0 Å². The minimum absolute atomic E-state index is 0.0511. The van der Waals surface area contributed by atoms with E-state index in [1.54, 1.807) is 6.92 Å². The number of hydrogen-bond acceptors (Lipinski definition) is 3. The molecule has 0 spiro atoms. The smallest absolute Gasteiger partial charge is 0.243 e. The van der Waals surface area contributed by atoms with Crippen LogP contribution in [-0.2, 0) is 9.59 Å². The first-order chi connectivity index (χ1) is 12.1. The Morgan fingerprint density at radius 1 is 1.27 bits per heavy atom. The number of aliphatic hydroxyl groups is 1. The first kappa shape index (κ1) is 18.7. The summed E-state index contributed by atoms with van der Waals surface area (Å²) in [6.45, 7) is 6.76. The van der Waals surface area contributed by atoms with Gasteiger partial charge in [0.25, 0.3) is 0 Å². The molecule has 7 unspecified atom stereocenters. The summed E-state index contributed by atoms with van der Waals surface area (Å²) in [5, 5.41) is 14.4. The largest absolute Gasteiger partial charge is 0.380 e. The number of rotatable bonds is 1. The van der Waals surface area contributed by atoms with Crippen molar-refractivity contribution in [1.29, 1.82) is 0 Å². The second-order valence-electron chi connectivity index (χ2n) is 9.53. The number of amides is 1. The highest BCUT2D eigenvalue weighted by Crippen LogP contribution is 2.68. The van der Waals surface area contributed by atoms with Crippen LogP contribution in [-0.4, -0.2) is 33.8 Å². The Hall–Kier alpha value is -0.680. The third-order valence-corrected chi connectivity index (χ3v) is 9.73.